The van der Waals surface area contributed by atoms with Crippen LogP contribution in [0, 0.1) is 6.92 Å². The molecule has 6 nitrogen and oxygen atoms in total. The first-order valence-electron chi connectivity index (χ1n) is 9.19. The third kappa shape index (κ3) is 4.69. The van der Waals surface area contributed by atoms with Crippen molar-refractivity contribution in [3.63, 3.8) is 0 Å². The fourth-order valence-corrected chi connectivity index (χ4v) is 3.79. The minimum Gasteiger partial charge on any atom is -0.325 e. The third-order valence-electron chi connectivity index (χ3n) is 4.32. The number of hydrogen-bond acceptors (Lipinski definition) is 5. The molecule has 0 saturated carbocycles. The van der Waals surface area contributed by atoms with Gasteiger partial charge in [-0.1, -0.05) is 36.0 Å². The van der Waals surface area contributed by atoms with E-state index in [1.54, 1.807) is 17.8 Å². The molecule has 2 heterocycles. The number of carbonyl (C=O) groups is 1. The van der Waals surface area contributed by atoms with Crippen molar-refractivity contribution in [2.75, 3.05) is 11.1 Å². The fraction of sp³-hybridized carbons (Fsp3) is 0.143. The van der Waals surface area contributed by atoms with Gasteiger partial charge in [0.05, 0.1) is 28.6 Å². The Balaban J connectivity index is 1.52. The van der Waals surface area contributed by atoms with Crippen LogP contribution in [0.5, 0.6) is 0 Å². The summed E-state index contributed by atoms with van der Waals surface area (Å²) in [5.41, 5.74) is 0.717. The van der Waals surface area contributed by atoms with Crippen LogP contribution in [0.4, 0.5) is 18.9 Å². The van der Waals surface area contributed by atoms with Crippen molar-refractivity contribution in [1.29, 1.82) is 0 Å². The molecule has 0 spiro atoms. The number of fused-ring (bicyclic) bond motifs is 1. The van der Waals surface area contributed by atoms with Gasteiger partial charge in [0, 0.05) is 5.69 Å². The first-order chi connectivity index (χ1) is 14.8. The molecule has 10 heteroatoms. The molecule has 0 aliphatic heterocycles. The smallest absolute Gasteiger partial charge is 0.325 e. The Bertz CT molecular complexity index is 1240. The zero-order chi connectivity index (χ0) is 22.0. The molecule has 0 unspecified atom stereocenters. The predicted octanol–water partition coefficient (Wildman–Crippen LogP) is 4.87. The predicted molar refractivity (Wildman–Crippen MR) is 112 cm³/mol. The number of anilines is 1. The van der Waals surface area contributed by atoms with Crippen molar-refractivity contribution < 1.29 is 18.0 Å². The molecule has 0 atom stereocenters. The Labute approximate surface area is 179 Å². The fourth-order valence-electron chi connectivity index (χ4n) is 2.96. The number of para-hydroxylation sites is 1. The van der Waals surface area contributed by atoms with Crippen LogP contribution in [-0.2, 0) is 11.0 Å². The van der Waals surface area contributed by atoms with E-state index in [1.807, 2.05) is 30.3 Å². The summed E-state index contributed by atoms with van der Waals surface area (Å²) in [6, 6.07) is 14.0. The summed E-state index contributed by atoms with van der Waals surface area (Å²) < 4.78 is 40.2. The quantitative estimate of drug-likeness (QED) is 0.352. The molecule has 158 valence electrons. The lowest BCUT2D eigenvalue weighted by Crippen LogP contribution is -2.15. The molecule has 0 aliphatic carbocycles. The maximum atomic E-state index is 12.8. The maximum absolute atomic E-state index is 12.8. The van der Waals surface area contributed by atoms with Crippen molar-refractivity contribution in [2.24, 2.45) is 0 Å². The number of nitrogens with zero attached hydrogens (tertiary/aromatic N) is 4. The lowest BCUT2D eigenvalue weighted by Gasteiger charge is -2.10. The average molecular weight is 443 g/mol. The number of benzene rings is 2. The van der Waals surface area contributed by atoms with Crippen LogP contribution in [-0.4, -0.2) is 31.4 Å². The molecule has 1 amide bonds. The lowest BCUT2D eigenvalue weighted by molar-refractivity contribution is -0.137. The van der Waals surface area contributed by atoms with E-state index in [-0.39, 0.29) is 11.4 Å². The number of thioether (sulfide) groups is 1. The maximum Gasteiger partial charge on any atom is 0.416 e. The van der Waals surface area contributed by atoms with E-state index in [1.165, 1.54) is 23.9 Å². The Kier molecular flexibility index (Phi) is 5.64. The largest absolute Gasteiger partial charge is 0.416 e. The van der Waals surface area contributed by atoms with Crippen LogP contribution in [0.2, 0.25) is 0 Å². The normalized spacial score (nSPS) is 11.6. The molecule has 1 N–H and O–H groups in total. The summed E-state index contributed by atoms with van der Waals surface area (Å²) >= 11 is 1.17. The number of nitrogens with one attached hydrogen (secondary N) is 1. The molecule has 0 saturated heterocycles. The summed E-state index contributed by atoms with van der Waals surface area (Å²) in [7, 11) is 0. The van der Waals surface area contributed by atoms with Crippen LogP contribution in [0.3, 0.4) is 0 Å². The van der Waals surface area contributed by atoms with E-state index < -0.39 is 17.6 Å². The van der Waals surface area contributed by atoms with E-state index in [9.17, 15) is 18.0 Å². The van der Waals surface area contributed by atoms with Gasteiger partial charge >= 0.3 is 6.18 Å². The number of carbonyl (C=O) groups excluding carboxylic acids is 1. The zero-order valence-electron chi connectivity index (χ0n) is 16.2. The Morgan fingerprint density at radius 1 is 1.10 bits per heavy atom. The molecule has 0 aliphatic rings. The summed E-state index contributed by atoms with van der Waals surface area (Å²) in [4.78, 5) is 21.2. The summed E-state index contributed by atoms with van der Waals surface area (Å²) in [6.45, 7) is 1.74. The van der Waals surface area contributed by atoms with Crippen molar-refractivity contribution in [2.45, 2.75) is 18.1 Å². The standard InChI is InChI=1S/C21H16F3N5OS/c1-13-26-19-17(11-25-29(19)16-8-3-2-4-9-16)20(27-13)31-12-18(30)28-15-7-5-6-14(10-15)21(22,23)24/h2-11H,12H2,1H3,(H,28,30). The van der Waals surface area contributed by atoms with Crippen LogP contribution in [0.25, 0.3) is 16.7 Å². The first-order valence-corrected chi connectivity index (χ1v) is 10.2. The molecular weight excluding hydrogens is 427 g/mol. The Morgan fingerprint density at radius 2 is 1.87 bits per heavy atom. The summed E-state index contributed by atoms with van der Waals surface area (Å²) in [6.07, 6.45) is -2.84. The lowest BCUT2D eigenvalue weighted by atomic mass is 10.2. The van der Waals surface area contributed by atoms with Crippen LogP contribution < -0.4 is 5.32 Å². The zero-order valence-corrected chi connectivity index (χ0v) is 17.0. The Morgan fingerprint density at radius 3 is 2.61 bits per heavy atom. The molecule has 4 aromatic rings. The Hall–Kier alpha value is -3.40. The number of hydrogen-bond donors (Lipinski definition) is 1. The van der Waals surface area contributed by atoms with Crippen molar-refractivity contribution in [3.8, 4) is 5.69 Å². The third-order valence-corrected chi connectivity index (χ3v) is 5.31. The van der Waals surface area contributed by atoms with Crippen molar-refractivity contribution in [3.05, 3.63) is 72.2 Å². The first kappa shape index (κ1) is 20.9. The van der Waals surface area contributed by atoms with E-state index >= 15 is 0 Å². The monoisotopic (exact) mass is 443 g/mol. The van der Waals surface area contributed by atoms with Gasteiger partial charge in [0.1, 0.15) is 10.9 Å². The second-order valence-electron chi connectivity index (χ2n) is 6.62. The molecule has 0 fully saturated rings. The van der Waals surface area contributed by atoms with Gasteiger partial charge in [-0.05, 0) is 37.3 Å². The van der Waals surface area contributed by atoms with Crippen LogP contribution in [0.15, 0.2) is 65.8 Å². The number of rotatable bonds is 5. The van der Waals surface area contributed by atoms with Gasteiger partial charge in [-0.3, -0.25) is 4.79 Å². The number of halogens is 3. The highest BCUT2D eigenvalue weighted by molar-refractivity contribution is 8.00. The van der Waals surface area contributed by atoms with Gasteiger partial charge in [0.15, 0.2) is 5.65 Å². The highest BCUT2D eigenvalue weighted by Gasteiger charge is 2.30. The van der Waals surface area contributed by atoms with Gasteiger partial charge in [-0.25, -0.2) is 14.6 Å². The number of aryl methyl sites for hydroxylation is 1. The number of alkyl halides is 3. The van der Waals surface area contributed by atoms with Crippen molar-refractivity contribution in [1.82, 2.24) is 19.7 Å². The van der Waals surface area contributed by atoms with Crippen LogP contribution >= 0.6 is 11.8 Å². The molecule has 0 bridgehead atoms. The van der Waals surface area contributed by atoms with Gasteiger partial charge < -0.3 is 5.32 Å². The highest BCUT2D eigenvalue weighted by atomic mass is 32.2. The van der Waals surface area contributed by atoms with Gasteiger partial charge in [-0.15, -0.1) is 0 Å². The molecule has 4 rings (SSSR count). The summed E-state index contributed by atoms with van der Waals surface area (Å²) in [5.74, 6) is 0.0494. The van der Waals surface area contributed by atoms with E-state index in [0.29, 0.717) is 21.9 Å². The summed E-state index contributed by atoms with van der Waals surface area (Å²) in [5, 5.41) is 8.14. The van der Waals surface area contributed by atoms with E-state index in [4.69, 9.17) is 0 Å². The topological polar surface area (TPSA) is 72.7 Å². The van der Waals surface area contributed by atoms with E-state index in [2.05, 4.69) is 20.4 Å². The van der Waals surface area contributed by atoms with Gasteiger partial charge in [0.25, 0.3) is 0 Å². The minimum absolute atomic E-state index is 0.0294. The molecular formula is C21H16F3N5OS. The second kappa shape index (κ2) is 8.38. The highest BCUT2D eigenvalue weighted by Crippen LogP contribution is 2.31. The number of amides is 1. The average Bonchev–Trinajstić information content (AvgIpc) is 3.16. The molecule has 2 aromatic heterocycles. The SMILES string of the molecule is Cc1nc(SCC(=O)Nc2cccc(C(F)(F)F)c2)c2cnn(-c3ccccc3)c2n1. The molecule has 31 heavy (non-hydrogen) atoms. The molecule has 2 aromatic carbocycles. The second-order valence-corrected chi connectivity index (χ2v) is 7.58. The molecule has 0 radical (unpaired) electrons. The number of aromatic nitrogens is 4. The van der Waals surface area contributed by atoms with E-state index in [0.717, 1.165) is 17.8 Å². The van der Waals surface area contributed by atoms with Crippen molar-refractivity contribution >= 4 is 34.4 Å². The minimum atomic E-state index is -4.47. The van der Waals surface area contributed by atoms with Gasteiger partial charge in [0.2, 0.25) is 5.91 Å². The van der Waals surface area contributed by atoms with Crippen LogP contribution in [0.1, 0.15) is 11.4 Å². The van der Waals surface area contributed by atoms with Gasteiger partial charge in [-0.2, -0.15) is 18.3 Å².